The van der Waals surface area contributed by atoms with Crippen LogP contribution in [0.1, 0.15) is 37.8 Å². The zero-order valence-electron chi connectivity index (χ0n) is 13.6. The van der Waals surface area contributed by atoms with E-state index < -0.39 is 0 Å². The second kappa shape index (κ2) is 8.45. The highest BCUT2D eigenvalue weighted by atomic mass is 16.2. The van der Waals surface area contributed by atoms with Crippen LogP contribution < -0.4 is 0 Å². The first-order valence-corrected chi connectivity index (χ1v) is 7.49. The zero-order valence-corrected chi connectivity index (χ0v) is 13.6. The summed E-state index contributed by atoms with van der Waals surface area (Å²) in [6.07, 6.45) is 2.04. The van der Waals surface area contributed by atoms with Gasteiger partial charge in [-0.2, -0.15) is 0 Å². The van der Waals surface area contributed by atoms with Crippen molar-refractivity contribution >= 4 is 11.8 Å². The van der Waals surface area contributed by atoms with Gasteiger partial charge in [-0.25, -0.2) is 0 Å². The van der Waals surface area contributed by atoms with Crippen molar-refractivity contribution < 1.29 is 9.59 Å². The lowest BCUT2D eigenvalue weighted by Crippen LogP contribution is -2.40. The monoisotopic (exact) mass is 290 g/mol. The van der Waals surface area contributed by atoms with E-state index in [-0.39, 0.29) is 18.4 Å². The third kappa shape index (κ3) is 5.98. The molecule has 0 spiro atoms. The average Bonchev–Trinajstić information content (AvgIpc) is 2.45. The van der Waals surface area contributed by atoms with E-state index in [0.29, 0.717) is 6.54 Å². The van der Waals surface area contributed by atoms with Gasteiger partial charge < -0.3 is 9.80 Å². The van der Waals surface area contributed by atoms with Crippen LogP contribution in [0.5, 0.6) is 0 Å². The summed E-state index contributed by atoms with van der Waals surface area (Å²) < 4.78 is 0. The molecule has 1 aromatic rings. The lowest BCUT2D eigenvalue weighted by atomic mass is 10.1. The van der Waals surface area contributed by atoms with E-state index in [2.05, 4.69) is 6.92 Å². The number of carbonyl (C=O) groups excluding carboxylic acids is 2. The van der Waals surface area contributed by atoms with Gasteiger partial charge in [0.2, 0.25) is 11.8 Å². The molecule has 0 saturated heterocycles. The van der Waals surface area contributed by atoms with E-state index in [1.165, 1.54) is 12.5 Å². The number of benzene rings is 1. The Bertz CT molecular complexity index is 468. The van der Waals surface area contributed by atoms with Crippen LogP contribution in [0.15, 0.2) is 24.3 Å². The lowest BCUT2D eigenvalue weighted by Gasteiger charge is -2.24. The largest absolute Gasteiger partial charge is 0.344 e. The fourth-order valence-corrected chi connectivity index (χ4v) is 2.00. The molecule has 0 N–H and O–H groups in total. The molecule has 0 unspecified atom stereocenters. The summed E-state index contributed by atoms with van der Waals surface area (Å²) in [6, 6.07) is 8.03. The first kappa shape index (κ1) is 17.2. The second-order valence-corrected chi connectivity index (χ2v) is 5.53. The minimum absolute atomic E-state index is 0.00855. The highest BCUT2D eigenvalue weighted by Crippen LogP contribution is 2.08. The number of aryl methyl sites for hydroxylation is 1. The number of likely N-dealkylation sites (N-methyl/N-ethyl adjacent to an activating group) is 1. The number of nitrogens with zero attached hydrogens (tertiary/aromatic N) is 2. The Balaban J connectivity index is 2.63. The van der Waals surface area contributed by atoms with Crippen LogP contribution >= 0.6 is 0 Å². The number of hydrogen-bond donors (Lipinski definition) is 0. The van der Waals surface area contributed by atoms with E-state index in [1.807, 2.05) is 31.2 Å². The van der Waals surface area contributed by atoms with Crippen LogP contribution in [-0.4, -0.2) is 41.8 Å². The van der Waals surface area contributed by atoms with Gasteiger partial charge in [0, 0.05) is 27.1 Å². The Morgan fingerprint density at radius 2 is 1.76 bits per heavy atom. The van der Waals surface area contributed by atoms with Gasteiger partial charge in [0.05, 0.1) is 0 Å². The summed E-state index contributed by atoms with van der Waals surface area (Å²) in [5.41, 5.74) is 2.23. The Kier molecular flexibility index (Phi) is 6.92. The molecule has 0 heterocycles. The SMILES string of the molecule is CCCCN(C)C(=O)CN(Cc1ccc(C)cc1)C(C)=O. The molecule has 116 valence electrons. The average molecular weight is 290 g/mol. The molecule has 2 amide bonds. The molecule has 0 saturated carbocycles. The predicted octanol–water partition coefficient (Wildman–Crippen LogP) is 2.60. The van der Waals surface area contributed by atoms with Crippen LogP contribution in [0, 0.1) is 6.92 Å². The van der Waals surface area contributed by atoms with Crippen LogP contribution in [0.4, 0.5) is 0 Å². The molecule has 0 aliphatic rings. The normalized spacial score (nSPS) is 10.3. The molecule has 0 bridgehead atoms. The molecule has 0 radical (unpaired) electrons. The highest BCUT2D eigenvalue weighted by Gasteiger charge is 2.16. The first-order valence-electron chi connectivity index (χ1n) is 7.49. The quantitative estimate of drug-likeness (QED) is 0.774. The summed E-state index contributed by atoms with van der Waals surface area (Å²) >= 11 is 0. The Labute approximate surface area is 127 Å². The summed E-state index contributed by atoms with van der Waals surface area (Å²) in [5, 5.41) is 0. The second-order valence-electron chi connectivity index (χ2n) is 5.53. The van der Waals surface area contributed by atoms with Crippen molar-refractivity contribution in [3.05, 3.63) is 35.4 Å². The number of amides is 2. The number of unbranched alkanes of at least 4 members (excludes halogenated alkanes) is 1. The third-order valence-corrected chi connectivity index (χ3v) is 3.54. The molecule has 0 fully saturated rings. The van der Waals surface area contributed by atoms with Crippen molar-refractivity contribution in [2.45, 2.75) is 40.2 Å². The Morgan fingerprint density at radius 1 is 1.14 bits per heavy atom. The third-order valence-electron chi connectivity index (χ3n) is 3.54. The summed E-state index contributed by atoms with van der Waals surface area (Å²) in [6.45, 7) is 6.99. The minimum Gasteiger partial charge on any atom is -0.344 e. The molecule has 0 aliphatic heterocycles. The first-order chi connectivity index (χ1) is 9.93. The van der Waals surface area contributed by atoms with Gasteiger partial charge in [0.15, 0.2) is 0 Å². The van der Waals surface area contributed by atoms with Crippen molar-refractivity contribution in [1.82, 2.24) is 9.80 Å². The van der Waals surface area contributed by atoms with Gasteiger partial charge in [-0.1, -0.05) is 43.2 Å². The van der Waals surface area contributed by atoms with Gasteiger partial charge in [-0.05, 0) is 18.9 Å². The fourth-order valence-electron chi connectivity index (χ4n) is 2.00. The molecule has 21 heavy (non-hydrogen) atoms. The summed E-state index contributed by atoms with van der Waals surface area (Å²) in [7, 11) is 1.79. The highest BCUT2D eigenvalue weighted by molar-refractivity contribution is 5.83. The van der Waals surface area contributed by atoms with E-state index in [0.717, 1.165) is 24.9 Å². The predicted molar refractivity (Wildman–Crippen MR) is 84.8 cm³/mol. The maximum atomic E-state index is 12.1. The van der Waals surface area contributed by atoms with Crippen molar-refractivity contribution in [3.8, 4) is 0 Å². The van der Waals surface area contributed by atoms with Gasteiger partial charge in [-0.3, -0.25) is 9.59 Å². The number of rotatable bonds is 7. The Morgan fingerprint density at radius 3 is 2.29 bits per heavy atom. The number of carbonyl (C=O) groups is 2. The molecular formula is C17H26N2O2. The standard InChI is InChI=1S/C17H26N2O2/c1-5-6-11-18(4)17(21)13-19(15(3)20)12-16-9-7-14(2)8-10-16/h7-10H,5-6,11-13H2,1-4H3. The molecule has 0 atom stereocenters. The molecule has 0 aliphatic carbocycles. The smallest absolute Gasteiger partial charge is 0.241 e. The van der Waals surface area contributed by atoms with Crippen molar-refractivity contribution in [1.29, 1.82) is 0 Å². The van der Waals surface area contributed by atoms with Crippen molar-refractivity contribution in [2.24, 2.45) is 0 Å². The Hall–Kier alpha value is -1.84. The van der Waals surface area contributed by atoms with Gasteiger partial charge in [-0.15, -0.1) is 0 Å². The fraction of sp³-hybridized carbons (Fsp3) is 0.529. The summed E-state index contributed by atoms with van der Waals surface area (Å²) in [4.78, 5) is 27.2. The maximum absolute atomic E-state index is 12.1. The van der Waals surface area contributed by atoms with E-state index >= 15 is 0 Å². The maximum Gasteiger partial charge on any atom is 0.241 e. The topological polar surface area (TPSA) is 40.6 Å². The van der Waals surface area contributed by atoms with Crippen LogP contribution in [0.25, 0.3) is 0 Å². The van der Waals surface area contributed by atoms with Crippen molar-refractivity contribution in [2.75, 3.05) is 20.1 Å². The van der Waals surface area contributed by atoms with Gasteiger partial charge in [0.25, 0.3) is 0 Å². The molecule has 1 aromatic carbocycles. The minimum atomic E-state index is -0.0761. The lowest BCUT2D eigenvalue weighted by molar-refractivity contribution is -0.139. The van der Waals surface area contributed by atoms with Crippen molar-refractivity contribution in [3.63, 3.8) is 0 Å². The van der Waals surface area contributed by atoms with Gasteiger partial charge in [0.1, 0.15) is 6.54 Å². The molecule has 0 aromatic heterocycles. The van der Waals surface area contributed by atoms with E-state index in [9.17, 15) is 9.59 Å². The molecule has 4 heteroatoms. The zero-order chi connectivity index (χ0) is 15.8. The number of hydrogen-bond acceptors (Lipinski definition) is 2. The molecule has 4 nitrogen and oxygen atoms in total. The van der Waals surface area contributed by atoms with E-state index in [4.69, 9.17) is 0 Å². The molecular weight excluding hydrogens is 264 g/mol. The van der Waals surface area contributed by atoms with Gasteiger partial charge >= 0.3 is 0 Å². The van der Waals surface area contributed by atoms with E-state index in [1.54, 1.807) is 16.8 Å². The van der Waals surface area contributed by atoms with Crippen LogP contribution in [-0.2, 0) is 16.1 Å². The van der Waals surface area contributed by atoms with Crippen LogP contribution in [0.2, 0.25) is 0 Å². The molecule has 1 rings (SSSR count). The summed E-state index contributed by atoms with van der Waals surface area (Å²) in [5.74, 6) is -0.0846. The van der Waals surface area contributed by atoms with Crippen LogP contribution in [0.3, 0.4) is 0 Å².